The lowest BCUT2D eigenvalue weighted by Gasteiger charge is -2.46. The summed E-state index contributed by atoms with van der Waals surface area (Å²) in [7, 11) is 0. The Morgan fingerprint density at radius 3 is 2.37 bits per heavy atom. The van der Waals surface area contributed by atoms with Gasteiger partial charge in [0.2, 0.25) is 0 Å². The average Bonchev–Trinajstić information content (AvgIpc) is 2.36. The Bertz CT molecular complexity index is 571. The van der Waals surface area contributed by atoms with Gasteiger partial charge in [0.05, 0.1) is 0 Å². The molecule has 0 atom stereocenters. The number of hydrogen-bond acceptors (Lipinski definition) is 1. The summed E-state index contributed by atoms with van der Waals surface area (Å²) in [6.07, 6.45) is 1.47. The molecule has 0 aliphatic heterocycles. The quantitative estimate of drug-likeness (QED) is 0.873. The number of nitrogens with two attached hydrogens (primary N) is 1. The van der Waals surface area contributed by atoms with E-state index in [1.165, 1.54) is 11.6 Å². The normalized spacial score (nSPS) is 25.9. The maximum atomic E-state index is 13.9. The lowest BCUT2D eigenvalue weighted by molar-refractivity contribution is 0.202. The van der Waals surface area contributed by atoms with Crippen LogP contribution in [-0.4, -0.2) is 0 Å². The van der Waals surface area contributed by atoms with Gasteiger partial charge in [0.1, 0.15) is 5.82 Å². The van der Waals surface area contributed by atoms with Crippen LogP contribution in [0, 0.1) is 5.82 Å². The van der Waals surface area contributed by atoms with Crippen molar-refractivity contribution in [1.82, 2.24) is 0 Å². The van der Waals surface area contributed by atoms with E-state index in [-0.39, 0.29) is 5.82 Å². The van der Waals surface area contributed by atoms with Gasteiger partial charge in [-0.1, -0.05) is 48.0 Å². The summed E-state index contributed by atoms with van der Waals surface area (Å²) >= 11 is 6.10. The highest BCUT2D eigenvalue weighted by molar-refractivity contribution is 6.31. The summed E-state index contributed by atoms with van der Waals surface area (Å²) in [5.74, 6) is 0.0865. The molecule has 1 aliphatic carbocycles. The molecule has 1 saturated carbocycles. The average molecular weight is 276 g/mol. The molecule has 0 bridgehead atoms. The first-order valence-corrected chi connectivity index (χ1v) is 6.76. The smallest absolute Gasteiger partial charge is 0.129 e. The minimum atomic E-state index is -0.636. The molecule has 19 heavy (non-hydrogen) atoms. The number of halogens is 2. The standard InChI is InChI=1S/C16H15ClFN/c17-13-7-4-8-14(18)15(13)16(19)9-12(10-16)11-5-2-1-3-6-11/h1-8,12H,9-10,19H2. The zero-order valence-corrected chi connectivity index (χ0v) is 11.2. The molecular weight excluding hydrogens is 261 g/mol. The van der Waals surface area contributed by atoms with E-state index in [4.69, 9.17) is 17.3 Å². The highest BCUT2D eigenvalue weighted by Crippen LogP contribution is 2.51. The molecule has 3 heteroatoms. The molecule has 0 heterocycles. The summed E-state index contributed by atoms with van der Waals surface area (Å²) in [6, 6.07) is 14.9. The monoisotopic (exact) mass is 275 g/mol. The molecule has 0 amide bonds. The summed E-state index contributed by atoms with van der Waals surface area (Å²) < 4.78 is 13.9. The summed E-state index contributed by atoms with van der Waals surface area (Å²) in [4.78, 5) is 0. The third-order valence-corrected chi connectivity index (χ3v) is 4.27. The molecule has 1 nitrogen and oxygen atoms in total. The third-order valence-electron chi connectivity index (χ3n) is 3.95. The van der Waals surface area contributed by atoms with Crippen LogP contribution >= 0.6 is 11.6 Å². The summed E-state index contributed by atoms with van der Waals surface area (Å²) in [5.41, 5.74) is 7.42. The van der Waals surface area contributed by atoms with Crippen molar-refractivity contribution in [2.24, 2.45) is 5.73 Å². The Kier molecular flexibility index (Phi) is 3.08. The topological polar surface area (TPSA) is 26.0 Å². The van der Waals surface area contributed by atoms with E-state index < -0.39 is 5.54 Å². The van der Waals surface area contributed by atoms with Gasteiger partial charge in [0, 0.05) is 16.1 Å². The van der Waals surface area contributed by atoms with Gasteiger partial charge in [-0.3, -0.25) is 0 Å². The van der Waals surface area contributed by atoms with Crippen molar-refractivity contribution < 1.29 is 4.39 Å². The second-order valence-electron chi connectivity index (χ2n) is 5.27. The Morgan fingerprint density at radius 1 is 1.05 bits per heavy atom. The van der Waals surface area contributed by atoms with Crippen molar-refractivity contribution in [2.75, 3.05) is 0 Å². The number of hydrogen-bond donors (Lipinski definition) is 1. The van der Waals surface area contributed by atoms with Crippen molar-refractivity contribution >= 4 is 11.6 Å². The molecule has 2 aromatic carbocycles. The van der Waals surface area contributed by atoms with Gasteiger partial charge in [0.15, 0.2) is 0 Å². The van der Waals surface area contributed by atoms with Crippen molar-refractivity contribution in [1.29, 1.82) is 0 Å². The van der Waals surface area contributed by atoms with E-state index in [0.717, 1.165) is 12.8 Å². The highest BCUT2D eigenvalue weighted by atomic mass is 35.5. The molecule has 0 saturated heterocycles. The van der Waals surface area contributed by atoms with Gasteiger partial charge in [-0.2, -0.15) is 0 Å². The van der Waals surface area contributed by atoms with E-state index >= 15 is 0 Å². The third kappa shape index (κ3) is 2.15. The van der Waals surface area contributed by atoms with Crippen LogP contribution in [-0.2, 0) is 5.54 Å². The Balaban J connectivity index is 1.85. The van der Waals surface area contributed by atoms with E-state index in [9.17, 15) is 4.39 Å². The number of rotatable bonds is 2. The van der Waals surface area contributed by atoms with Gasteiger partial charge in [-0.05, 0) is 36.5 Å². The second-order valence-corrected chi connectivity index (χ2v) is 5.68. The Labute approximate surface area is 117 Å². The van der Waals surface area contributed by atoms with Gasteiger partial charge in [0.25, 0.3) is 0 Å². The first-order valence-electron chi connectivity index (χ1n) is 6.38. The molecule has 3 rings (SSSR count). The van der Waals surface area contributed by atoms with Gasteiger partial charge < -0.3 is 5.73 Å². The van der Waals surface area contributed by atoms with E-state index in [0.29, 0.717) is 16.5 Å². The molecule has 0 spiro atoms. The fourth-order valence-corrected chi connectivity index (χ4v) is 3.31. The number of benzene rings is 2. The molecule has 1 aliphatic rings. The first kappa shape index (κ1) is 12.6. The first-order chi connectivity index (χ1) is 9.10. The predicted octanol–water partition coefficient (Wildman–Crippen LogP) is 4.21. The molecule has 1 fully saturated rings. The molecule has 2 N–H and O–H groups in total. The Morgan fingerprint density at radius 2 is 1.74 bits per heavy atom. The van der Waals surface area contributed by atoms with Crippen molar-refractivity contribution in [3.05, 3.63) is 70.5 Å². The second kappa shape index (κ2) is 4.62. The van der Waals surface area contributed by atoms with Crippen LogP contribution in [0.4, 0.5) is 4.39 Å². The molecule has 2 aromatic rings. The van der Waals surface area contributed by atoms with Crippen LogP contribution in [0.1, 0.15) is 29.9 Å². The highest BCUT2D eigenvalue weighted by Gasteiger charge is 2.45. The van der Waals surface area contributed by atoms with Crippen LogP contribution in [0.3, 0.4) is 0 Å². The molecule has 98 valence electrons. The summed E-state index contributed by atoms with van der Waals surface area (Å²) in [6.45, 7) is 0. The minimum Gasteiger partial charge on any atom is -0.321 e. The van der Waals surface area contributed by atoms with Gasteiger partial charge >= 0.3 is 0 Å². The predicted molar refractivity (Wildman–Crippen MR) is 75.7 cm³/mol. The lowest BCUT2D eigenvalue weighted by atomic mass is 9.63. The van der Waals surface area contributed by atoms with Crippen molar-refractivity contribution in [2.45, 2.75) is 24.3 Å². The Hall–Kier alpha value is -1.38. The molecule has 0 aromatic heterocycles. The molecular formula is C16H15ClFN. The summed E-state index contributed by atoms with van der Waals surface area (Å²) in [5, 5.41) is 0.425. The zero-order valence-electron chi connectivity index (χ0n) is 10.4. The van der Waals surface area contributed by atoms with E-state index in [2.05, 4.69) is 12.1 Å². The van der Waals surface area contributed by atoms with Crippen LogP contribution in [0.25, 0.3) is 0 Å². The SMILES string of the molecule is NC1(c2c(F)cccc2Cl)CC(c2ccccc2)C1. The lowest BCUT2D eigenvalue weighted by Crippen LogP contribution is -2.48. The van der Waals surface area contributed by atoms with Crippen LogP contribution < -0.4 is 5.73 Å². The largest absolute Gasteiger partial charge is 0.321 e. The van der Waals surface area contributed by atoms with Gasteiger partial charge in [-0.25, -0.2) is 4.39 Å². The maximum Gasteiger partial charge on any atom is 0.129 e. The van der Waals surface area contributed by atoms with Crippen molar-refractivity contribution in [3.8, 4) is 0 Å². The van der Waals surface area contributed by atoms with Crippen LogP contribution in [0.2, 0.25) is 5.02 Å². The van der Waals surface area contributed by atoms with Crippen LogP contribution in [0.15, 0.2) is 48.5 Å². The molecule has 0 unspecified atom stereocenters. The fraction of sp³-hybridized carbons (Fsp3) is 0.250. The molecule has 0 radical (unpaired) electrons. The van der Waals surface area contributed by atoms with Gasteiger partial charge in [-0.15, -0.1) is 0 Å². The fourth-order valence-electron chi connectivity index (χ4n) is 2.96. The van der Waals surface area contributed by atoms with Crippen molar-refractivity contribution in [3.63, 3.8) is 0 Å². The van der Waals surface area contributed by atoms with Crippen LogP contribution in [0.5, 0.6) is 0 Å². The van der Waals surface area contributed by atoms with E-state index in [1.54, 1.807) is 12.1 Å². The zero-order chi connectivity index (χ0) is 13.5. The van der Waals surface area contributed by atoms with E-state index in [1.807, 2.05) is 18.2 Å². The minimum absolute atomic E-state index is 0.304. The maximum absolute atomic E-state index is 13.9.